The zero-order valence-electron chi connectivity index (χ0n) is 62.1. The Morgan fingerprint density at radius 1 is 0.532 bits per heavy atom. The molecule has 2 aromatic carbocycles. The third-order valence-corrected chi connectivity index (χ3v) is 22.7. The minimum absolute atomic E-state index is 0.0122. The Morgan fingerprint density at radius 2 is 1.03 bits per heavy atom. The quantitative estimate of drug-likeness (QED) is 0.0292. The Morgan fingerprint density at radius 3 is 1.63 bits per heavy atom. The highest BCUT2D eigenvalue weighted by Gasteiger charge is 2.47. The molecule has 0 spiro atoms. The molecule has 600 valence electrons. The predicted octanol–water partition coefficient (Wildman–Crippen LogP) is -4.15. The van der Waals surface area contributed by atoms with E-state index in [0.29, 0.717) is 31.2 Å². The lowest BCUT2D eigenvalue weighted by molar-refractivity contribution is -0.149. The van der Waals surface area contributed by atoms with Crippen LogP contribution in [0.1, 0.15) is 130 Å². The van der Waals surface area contributed by atoms with Crippen molar-refractivity contribution in [1.82, 2.24) is 73.2 Å². The number of aliphatic hydroxyl groups excluding tert-OH is 2. The van der Waals surface area contributed by atoms with E-state index in [2.05, 4.69) is 63.5 Å². The van der Waals surface area contributed by atoms with Gasteiger partial charge in [-0.05, 0) is 112 Å². The number of carboxylic acids is 1. The largest absolute Gasteiger partial charge is 0.481 e. The molecule has 36 nitrogen and oxygen atoms in total. The lowest BCUT2D eigenvalue weighted by Gasteiger charge is -2.35. The van der Waals surface area contributed by atoms with E-state index in [1.807, 2.05) is 18.2 Å². The van der Waals surface area contributed by atoms with Crippen LogP contribution in [0.2, 0.25) is 0 Å². The van der Waals surface area contributed by atoms with Gasteiger partial charge in [-0.1, -0.05) is 105 Å². The fourth-order valence-corrected chi connectivity index (χ4v) is 16.0. The Bertz CT molecular complexity index is 3660. The summed E-state index contributed by atoms with van der Waals surface area (Å²) >= 11 is 0. The highest BCUT2D eigenvalue weighted by atomic mass is 33.1. The van der Waals surface area contributed by atoms with Crippen molar-refractivity contribution in [3.63, 3.8) is 0 Å². The van der Waals surface area contributed by atoms with Gasteiger partial charge in [-0.15, -0.1) is 0 Å². The third kappa shape index (κ3) is 24.3. The van der Waals surface area contributed by atoms with Gasteiger partial charge in [-0.2, -0.15) is 0 Å². The van der Waals surface area contributed by atoms with Crippen LogP contribution >= 0.6 is 21.6 Å². The zero-order valence-corrected chi connectivity index (χ0v) is 63.7. The van der Waals surface area contributed by atoms with Gasteiger partial charge in [0.25, 0.3) is 0 Å². The molecule has 16 atom stereocenters. The summed E-state index contributed by atoms with van der Waals surface area (Å²) in [4.78, 5) is 227. The first kappa shape index (κ1) is 86.8. The van der Waals surface area contributed by atoms with Crippen molar-refractivity contribution < 1.29 is 87.2 Å². The number of hydrogen-bond donors (Lipinski definition) is 17. The van der Waals surface area contributed by atoms with Crippen molar-refractivity contribution in [3.8, 4) is 0 Å². The lowest BCUT2D eigenvalue weighted by atomic mass is 9.96. The number of nitrogens with two attached hydrogens (primary N) is 3. The highest BCUT2D eigenvalue weighted by Crippen LogP contribution is 2.30. The molecule has 0 unspecified atom stereocenters. The average Bonchev–Trinajstić information content (AvgIpc) is 1.66. The van der Waals surface area contributed by atoms with Crippen molar-refractivity contribution in [2.75, 3.05) is 57.4 Å². The van der Waals surface area contributed by atoms with Crippen LogP contribution < -0.4 is 75.7 Å². The SMILES string of the molecule is CC[C@H](C)[C@@H]1NC(=O)[C@@H]2CCCN2C(=O)[C@@H]2CCCN2C(=O)[C@H]([C@@H](C)CC)NC(=O)[C@H](CO)NC(=O)[C@H](CCCCN)NC(=O)[C@H]([C@@H](C)O)NC(=O)[C@@H]2CSSC[C@H](NC1=O)C(=O)N[C@@H](Cc1ccc3ccccc3c1)C(=O)N1CCC[C@@H]1C(=O)N[C@@H](CC(=O)O)C(=O)NCC(=O)N[C@@H](CCCN=C(N)N)C(=O)N2. The second kappa shape index (κ2) is 42.0. The maximum absolute atomic E-state index is 15.5. The van der Waals surface area contributed by atoms with E-state index in [9.17, 15) is 68.1 Å². The number of fused-ring (bicyclic) bond motifs is 9. The number of carbonyl (C=O) groups is 15. The van der Waals surface area contributed by atoms with Crippen molar-refractivity contribution >= 4 is 127 Å². The van der Waals surface area contributed by atoms with Gasteiger partial charge in [0.05, 0.1) is 25.7 Å². The molecule has 5 heterocycles. The summed E-state index contributed by atoms with van der Waals surface area (Å²) in [6.45, 7) is 6.20. The Kier molecular flexibility index (Phi) is 33.4. The van der Waals surface area contributed by atoms with Crippen molar-refractivity contribution in [1.29, 1.82) is 0 Å². The minimum atomic E-state index is -1.95. The zero-order chi connectivity index (χ0) is 79.8. The standard InChI is InChI=1S/C71H106N18O18S2/c1-6-37(3)55-66(103)83-48-35-108-109-36-49(63(100)86-57(39(5)91)67(104)78-44(18-10-11-25-72)60(97)81-47(34-90)61(98)85-56(38(4)7-2)70(107)89-29-15-22-52(89)69(106)88-28-14-21-51(88)65(102)84-55)82-59(96)43(19-12-26-75-71(73)74)77-53(92)33-76-58(95)45(32-54(93)94)79-64(101)50-20-13-27-87(50)68(105)46(80-62(48)99)31-40-23-24-41-16-8-9-17-42(41)30-40/h8-9,16-17,23-24,30,37-39,43-52,55-57,90-91H,6-7,10-15,18-22,25-29,31-36,72H2,1-5H3,(H,76,95)(H,77,92)(H,78,104)(H,79,101)(H,80,99)(H,81,97)(H,82,96)(H,83,103)(H,84,102)(H,85,98)(H,86,100)(H,93,94)(H4,73,74,75)/t37-,38-,39+,43-,44-,45-,46-,47-,48-,49-,50+,51-,52-,55-,56-,57-/m0/s1. The van der Waals surface area contributed by atoms with E-state index in [0.717, 1.165) is 39.3 Å². The molecule has 5 fully saturated rings. The fraction of sp³-hybridized carbons (Fsp3) is 0.634. The monoisotopic (exact) mass is 1560 g/mol. The number of hydrogen-bond acceptors (Lipinski definition) is 21. The first-order chi connectivity index (χ1) is 52.0. The van der Waals surface area contributed by atoms with Gasteiger partial charge in [0, 0.05) is 44.1 Å². The van der Waals surface area contributed by atoms with Crippen LogP contribution in [-0.4, -0.2) is 267 Å². The van der Waals surface area contributed by atoms with Crippen LogP contribution in [0.4, 0.5) is 0 Å². The molecule has 5 saturated heterocycles. The van der Waals surface area contributed by atoms with Crippen LogP contribution in [-0.2, 0) is 78.3 Å². The Hall–Kier alpha value is -9.40. The molecular weight excluding hydrogens is 1460 g/mol. The second-order valence-electron chi connectivity index (χ2n) is 28.2. The topological polar surface area (TPSA) is 549 Å². The number of aliphatic imine (C=N–C) groups is 1. The summed E-state index contributed by atoms with van der Waals surface area (Å²) < 4.78 is 0. The molecule has 20 N–H and O–H groups in total. The van der Waals surface area contributed by atoms with Crippen LogP contribution in [0.3, 0.4) is 0 Å². The predicted molar refractivity (Wildman–Crippen MR) is 402 cm³/mol. The number of aliphatic carboxylic acids is 1. The number of benzene rings is 2. The molecule has 7 rings (SSSR count). The Labute approximate surface area is 639 Å². The Balaban J connectivity index is 1.36. The third-order valence-electron chi connectivity index (χ3n) is 20.2. The summed E-state index contributed by atoms with van der Waals surface area (Å²) in [5, 5.41) is 62.0. The molecule has 0 radical (unpaired) electrons. The van der Waals surface area contributed by atoms with Gasteiger partial charge in [-0.3, -0.25) is 76.9 Å². The van der Waals surface area contributed by atoms with Gasteiger partial charge in [0.15, 0.2) is 5.96 Å². The highest BCUT2D eigenvalue weighted by molar-refractivity contribution is 8.76. The number of aliphatic hydroxyl groups is 2. The van der Waals surface area contributed by atoms with Crippen LogP contribution in [0.25, 0.3) is 10.8 Å². The van der Waals surface area contributed by atoms with Gasteiger partial charge in [0.2, 0.25) is 82.7 Å². The number of guanidine groups is 1. The molecule has 14 amide bonds. The number of carbonyl (C=O) groups excluding carboxylic acids is 14. The van der Waals surface area contributed by atoms with E-state index >= 15 is 19.2 Å². The maximum atomic E-state index is 15.5. The van der Waals surface area contributed by atoms with E-state index in [-0.39, 0.29) is 103 Å². The molecule has 109 heavy (non-hydrogen) atoms. The van der Waals surface area contributed by atoms with Crippen molar-refractivity contribution in [2.24, 2.45) is 34.0 Å². The molecule has 5 aliphatic heterocycles. The first-order valence-electron chi connectivity index (χ1n) is 37.2. The van der Waals surface area contributed by atoms with Crippen LogP contribution in [0.15, 0.2) is 47.5 Å². The van der Waals surface area contributed by atoms with Crippen molar-refractivity contribution in [2.45, 2.75) is 216 Å². The summed E-state index contributed by atoms with van der Waals surface area (Å²) in [5.74, 6) is -17.3. The number of unbranched alkanes of at least 4 members (excludes halogenated alkanes) is 1. The van der Waals surface area contributed by atoms with Crippen LogP contribution in [0.5, 0.6) is 0 Å². The van der Waals surface area contributed by atoms with Crippen molar-refractivity contribution in [3.05, 3.63) is 48.0 Å². The maximum Gasteiger partial charge on any atom is 0.305 e. The molecule has 5 aliphatic rings. The number of nitrogens with zero attached hydrogens (tertiary/aromatic N) is 4. The smallest absolute Gasteiger partial charge is 0.305 e. The van der Waals surface area contributed by atoms with E-state index < -0.39 is 216 Å². The number of amides is 14. The molecule has 2 aromatic rings. The molecule has 0 saturated carbocycles. The normalized spacial score (nSPS) is 28.0. The fourth-order valence-electron chi connectivity index (χ4n) is 13.7. The van der Waals surface area contributed by atoms with Gasteiger partial charge in [0.1, 0.15) is 78.5 Å². The van der Waals surface area contributed by atoms with Gasteiger partial charge < -0.3 is 106 Å². The number of nitrogens with one attached hydrogen (secondary N) is 11. The van der Waals surface area contributed by atoms with E-state index in [1.165, 1.54) is 14.7 Å². The lowest BCUT2D eigenvalue weighted by Crippen LogP contribution is -2.62. The van der Waals surface area contributed by atoms with Gasteiger partial charge in [-0.25, -0.2) is 0 Å². The molecule has 0 aliphatic carbocycles. The van der Waals surface area contributed by atoms with Crippen LogP contribution in [0, 0.1) is 11.8 Å². The summed E-state index contributed by atoms with van der Waals surface area (Å²) in [5.41, 5.74) is 17.5. The first-order valence-corrected chi connectivity index (χ1v) is 39.7. The molecule has 38 heteroatoms. The second-order valence-corrected chi connectivity index (χ2v) is 30.8. The molecule has 2 bridgehead atoms. The van der Waals surface area contributed by atoms with E-state index in [1.54, 1.807) is 52.0 Å². The minimum Gasteiger partial charge on any atom is -0.481 e. The summed E-state index contributed by atoms with van der Waals surface area (Å²) in [7, 11) is 1.70. The summed E-state index contributed by atoms with van der Waals surface area (Å²) in [6, 6.07) is -7.41. The van der Waals surface area contributed by atoms with Gasteiger partial charge >= 0.3 is 5.97 Å². The average molecular weight is 1560 g/mol. The molecule has 0 aromatic heterocycles. The number of carboxylic acid groups (broad SMARTS) is 1. The number of rotatable bonds is 18. The molecular formula is C71H106N18O18S2. The van der Waals surface area contributed by atoms with E-state index in [4.69, 9.17) is 17.2 Å². The summed E-state index contributed by atoms with van der Waals surface area (Å²) in [6.07, 6.45) is -1.09.